The van der Waals surface area contributed by atoms with E-state index in [2.05, 4.69) is 15.2 Å². The van der Waals surface area contributed by atoms with Gasteiger partial charge in [-0.15, -0.1) is 0 Å². The largest absolute Gasteiger partial charge is 0.461 e. The number of nitrogens with zero attached hydrogens (tertiary/aromatic N) is 2. The second-order valence-electron chi connectivity index (χ2n) is 5.21. The van der Waals surface area contributed by atoms with Crippen LogP contribution in [0.5, 0.6) is 0 Å². The fourth-order valence-corrected chi connectivity index (χ4v) is 2.93. The van der Waals surface area contributed by atoms with Crippen molar-refractivity contribution < 1.29 is 13.9 Å². The van der Waals surface area contributed by atoms with E-state index in [0.717, 1.165) is 28.3 Å². The number of H-pyrrole nitrogens is 1. The molecule has 0 aliphatic carbocycles. The lowest BCUT2D eigenvalue weighted by Gasteiger charge is -2.06. The van der Waals surface area contributed by atoms with Crippen LogP contribution < -0.4 is 5.43 Å². The fourth-order valence-electron chi connectivity index (χ4n) is 2.14. The first-order valence-electron chi connectivity index (χ1n) is 7.50. The third-order valence-corrected chi connectivity index (χ3v) is 4.37. The second-order valence-corrected chi connectivity index (χ2v) is 6.27. The summed E-state index contributed by atoms with van der Waals surface area (Å²) in [5, 5.41) is 6.29. The number of carbonyl (C=O) groups excluding carboxylic acids is 1. The smallest absolute Gasteiger partial charge is 0.362 e. The van der Waals surface area contributed by atoms with Crippen molar-refractivity contribution in [1.82, 2.24) is 15.2 Å². The van der Waals surface area contributed by atoms with E-state index in [9.17, 15) is 14.0 Å². The molecule has 1 aromatic carbocycles. The predicted octanol–water partition coefficient (Wildman–Crippen LogP) is 3.09. The van der Waals surface area contributed by atoms with Crippen LogP contribution in [0.15, 0.2) is 45.0 Å². The standard InChI is InChI=1S/C17H14FN3O3S/c1-3-24-17(23)13-14(22)11-8-12(18)16(19-15(11)21-20-13)25-10-6-4-9(2)5-7-10/h4-8H,3H2,1-2H3,(H,19,21,22). The second kappa shape index (κ2) is 7.02. The maximum absolute atomic E-state index is 14.4. The number of aromatic nitrogens is 3. The molecule has 1 N–H and O–H groups in total. The summed E-state index contributed by atoms with van der Waals surface area (Å²) in [6.45, 7) is 3.68. The number of esters is 1. The molecule has 0 saturated heterocycles. The average Bonchev–Trinajstić information content (AvgIpc) is 2.59. The Hall–Kier alpha value is -2.74. The van der Waals surface area contributed by atoms with Crippen molar-refractivity contribution in [3.8, 4) is 0 Å². The molecule has 8 heteroatoms. The van der Waals surface area contributed by atoms with E-state index in [0.29, 0.717) is 0 Å². The van der Waals surface area contributed by atoms with E-state index in [4.69, 9.17) is 4.74 Å². The molecule has 3 aromatic rings. The molecule has 0 unspecified atom stereocenters. The number of nitrogens with one attached hydrogen (secondary N) is 1. The van der Waals surface area contributed by atoms with Crippen molar-refractivity contribution in [2.75, 3.05) is 6.61 Å². The third-order valence-electron chi connectivity index (χ3n) is 3.38. The zero-order valence-electron chi connectivity index (χ0n) is 13.5. The molecule has 128 valence electrons. The van der Waals surface area contributed by atoms with Gasteiger partial charge < -0.3 is 4.74 Å². The zero-order chi connectivity index (χ0) is 18.0. The Morgan fingerprint density at radius 1 is 1.32 bits per heavy atom. The average molecular weight is 359 g/mol. The summed E-state index contributed by atoms with van der Waals surface area (Å²) in [5.74, 6) is -1.51. The van der Waals surface area contributed by atoms with Crippen molar-refractivity contribution in [2.45, 2.75) is 23.8 Å². The molecule has 2 aromatic heterocycles. The minimum atomic E-state index is -0.857. The maximum atomic E-state index is 14.4. The Bertz CT molecular complexity index is 1000. The zero-order valence-corrected chi connectivity index (χ0v) is 14.3. The van der Waals surface area contributed by atoms with Gasteiger partial charge in [0.15, 0.2) is 11.5 Å². The van der Waals surface area contributed by atoms with Crippen LogP contribution in [0, 0.1) is 12.7 Å². The molecule has 3 rings (SSSR count). The van der Waals surface area contributed by atoms with E-state index in [1.165, 1.54) is 0 Å². The molecule has 0 saturated carbocycles. The monoisotopic (exact) mass is 359 g/mol. The van der Waals surface area contributed by atoms with Gasteiger partial charge in [-0.3, -0.25) is 9.89 Å². The topological polar surface area (TPSA) is 84.9 Å². The molecule has 0 fully saturated rings. The number of aryl methyl sites for hydroxylation is 1. The number of pyridine rings is 1. The number of halogens is 1. The van der Waals surface area contributed by atoms with E-state index in [1.807, 2.05) is 31.2 Å². The van der Waals surface area contributed by atoms with Crippen molar-refractivity contribution in [3.63, 3.8) is 0 Å². The fraction of sp³-hybridized carbons (Fsp3) is 0.176. The number of ether oxygens (including phenoxy) is 1. The Morgan fingerprint density at radius 3 is 2.72 bits per heavy atom. The van der Waals surface area contributed by atoms with Crippen molar-refractivity contribution >= 4 is 28.8 Å². The lowest BCUT2D eigenvalue weighted by atomic mass is 10.2. The molecular formula is C17H14FN3O3S. The highest BCUT2D eigenvalue weighted by Gasteiger charge is 2.18. The Kier molecular flexibility index (Phi) is 4.80. The number of hydrogen-bond acceptors (Lipinski definition) is 6. The number of fused-ring (bicyclic) bond motifs is 1. The van der Waals surface area contributed by atoms with Crippen LogP contribution in [0.2, 0.25) is 0 Å². The molecule has 6 nitrogen and oxygen atoms in total. The van der Waals surface area contributed by atoms with Crippen molar-refractivity contribution in [1.29, 1.82) is 0 Å². The van der Waals surface area contributed by atoms with Gasteiger partial charge >= 0.3 is 5.97 Å². The van der Waals surface area contributed by atoms with Crippen LogP contribution in [-0.4, -0.2) is 27.8 Å². The van der Waals surface area contributed by atoms with Gasteiger partial charge in [-0.25, -0.2) is 14.2 Å². The third kappa shape index (κ3) is 3.53. The molecule has 25 heavy (non-hydrogen) atoms. The lowest BCUT2D eigenvalue weighted by Crippen LogP contribution is -2.21. The van der Waals surface area contributed by atoms with Gasteiger partial charge in [0.05, 0.1) is 12.0 Å². The van der Waals surface area contributed by atoms with Crippen molar-refractivity contribution in [3.05, 3.63) is 57.6 Å². The van der Waals surface area contributed by atoms with Gasteiger partial charge in [-0.05, 0) is 32.0 Å². The Morgan fingerprint density at radius 2 is 2.04 bits per heavy atom. The quantitative estimate of drug-likeness (QED) is 0.721. The number of rotatable bonds is 4. The summed E-state index contributed by atoms with van der Waals surface area (Å²) in [7, 11) is 0. The number of benzene rings is 1. The number of carbonyl (C=O) groups is 1. The van der Waals surface area contributed by atoms with Gasteiger partial charge in [0.1, 0.15) is 5.03 Å². The van der Waals surface area contributed by atoms with E-state index in [-0.39, 0.29) is 22.7 Å². The van der Waals surface area contributed by atoms with E-state index < -0.39 is 22.9 Å². The minimum Gasteiger partial charge on any atom is -0.461 e. The Labute approximate surface area is 146 Å². The lowest BCUT2D eigenvalue weighted by molar-refractivity contribution is 0.0517. The summed E-state index contributed by atoms with van der Waals surface area (Å²) >= 11 is 1.13. The number of aromatic amines is 1. The van der Waals surface area contributed by atoms with Gasteiger partial charge in [-0.1, -0.05) is 29.5 Å². The molecule has 0 aliphatic rings. The summed E-state index contributed by atoms with van der Waals surface area (Å²) in [6.07, 6.45) is 0. The molecule has 0 bridgehead atoms. The van der Waals surface area contributed by atoms with Crippen LogP contribution in [0.3, 0.4) is 0 Å². The van der Waals surface area contributed by atoms with Gasteiger partial charge in [0.2, 0.25) is 11.1 Å². The highest BCUT2D eigenvalue weighted by Crippen LogP contribution is 2.29. The molecular weight excluding hydrogens is 345 g/mol. The molecule has 0 amide bonds. The predicted molar refractivity (Wildman–Crippen MR) is 91.4 cm³/mol. The first-order chi connectivity index (χ1) is 12.0. The molecule has 0 atom stereocenters. The van der Waals surface area contributed by atoms with Crippen LogP contribution in [0.1, 0.15) is 23.0 Å². The first-order valence-corrected chi connectivity index (χ1v) is 8.32. The van der Waals surface area contributed by atoms with Crippen LogP contribution in [0.4, 0.5) is 4.39 Å². The molecule has 2 heterocycles. The summed E-state index contributed by atoms with van der Waals surface area (Å²) < 4.78 is 19.1. The van der Waals surface area contributed by atoms with E-state index in [1.54, 1.807) is 6.92 Å². The van der Waals surface area contributed by atoms with Gasteiger partial charge in [0.25, 0.3) is 0 Å². The first kappa shape index (κ1) is 17.1. The Balaban J connectivity index is 2.02. The van der Waals surface area contributed by atoms with Gasteiger partial charge in [0, 0.05) is 4.90 Å². The van der Waals surface area contributed by atoms with Crippen LogP contribution >= 0.6 is 11.8 Å². The highest BCUT2D eigenvalue weighted by atomic mass is 32.2. The maximum Gasteiger partial charge on any atom is 0.362 e. The van der Waals surface area contributed by atoms with Crippen molar-refractivity contribution in [2.24, 2.45) is 0 Å². The van der Waals surface area contributed by atoms with E-state index >= 15 is 0 Å². The summed E-state index contributed by atoms with van der Waals surface area (Å²) in [5.41, 5.74) is 0.0605. The molecule has 0 spiro atoms. The molecule has 0 radical (unpaired) electrons. The normalized spacial score (nSPS) is 10.8. The van der Waals surface area contributed by atoms with Crippen LogP contribution in [-0.2, 0) is 4.74 Å². The number of hydrogen-bond donors (Lipinski definition) is 1. The summed E-state index contributed by atoms with van der Waals surface area (Å²) in [4.78, 5) is 28.9. The van der Waals surface area contributed by atoms with Crippen LogP contribution in [0.25, 0.3) is 11.0 Å². The highest BCUT2D eigenvalue weighted by molar-refractivity contribution is 7.99. The SMILES string of the molecule is CCOC(=O)c1n[nH]c2nc(Sc3ccc(C)cc3)c(F)cc2c1=O. The molecule has 0 aliphatic heterocycles. The summed E-state index contributed by atoms with van der Waals surface area (Å²) in [6, 6.07) is 8.60. The van der Waals surface area contributed by atoms with Gasteiger partial charge in [-0.2, -0.15) is 5.10 Å². The minimum absolute atomic E-state index is 0.0520.